The van der Waals surface area contributed by atoms with Gasteiger partial charge in [-0.15, -0.1) is 0 Å². The highest BCUT2D eigenvalue weighted by Crippen LogP contribution is 2.22. The number of fused-ring (bicyclic) bond motifs is 2. The Bertz CT molecular complexity index is 1250. The molecule has 0 atom stereocenters. The lowest BCUT2D eigenvalue weighted by atomic mass is 10.1. The van der Waals surface area contributed by atoms with E-state index in [1.165, 1.54) is 0 Å². The van der Waals surface area contributed by atoms with Gasteiger partial charge in [-0.3, -0.25) is 14.4 Å². The van der Waals surface area contributed by atoms with Crippen molar-refractivity contribution in [1.29, 1.82) is 0 Å². The van der Waals surface area contributed by atoms with Crippen LogP contribution in [0.3, 0.4) is 0 Å². The number of H-pyrrole nitrogens is 2. The quantitative estimate of drug-likeness (QED) is 0.383. The van der Waals surface area contributed by atoms with Gasteiger partial charge in [-0.25, -0.2) is 5.10 Å². The summed E-state index contributed by atoms with van der Waals surface area (Å²) in [7, 11) is 0. The van der Waals surface area contributed by atoms with Crippen molar-refractivity contribution < 1.29 is 9.59 Å². The Kier molecular flexibility index (Phi) is 4.04. The zero-order valence-electron chi connectivity index (χ0n) is 14.5. The van der Waals surface area contributed by atoms with Crippen LogP contribution < -0.4 is 10.9 Å². The van der Waals surface area contributed by atoms with Gasteiger partial charge in [-0.05, 0) is 19.1 Å². The summed E-state index contributed by atoms with van der Waals surface area (Å²) in [6.07, 6.45) is 0. The van der Waals surface area contributed by atoms with Gasteiger partial charge in [0.1, 0.15) is 0 Å². The first kappa shape index (κ1) is 16.7. The SMILES string of the molecule is Cc1[nH]c2ccccc2c1C(=O)C(=O)NCc1n[nH]c(=O)c2ccccc12. The smallest absolute Gasteiger partial charge is 0.292 e. The molecule has 134 valence electrons. The van der Waals surface area contributed by atoms with Crippen LogP contribution in [0.4, 0.5) is 0 Å². The number of rotatable bonds is 4. The number of Topliss-reactive ketones (excluding diaryl/α,β-unsaturated/α-hetero) is 1. The van der Waals surface area contributed by atoms with Crippen molar-refractivity contribution >= 4 is 33.4 Å². The van der Waals surface area contributed by atoms with E-state index in [4.69, 9.17) is 0 Å². The lowest BCUT2D eigenvalue weighted by Gasteiger charge is -2.07. The Morgan fingerprint density at radius 2 is 1.67 bits per heavy atom. The second-order valence-electron chi connectivity index (χ2n) is 6.23. The van der Waals surface area contributed by atoms with Crippen molar-refractivity contribution in [2.24, 2.45) is 0 Å². The number of amides is 1. The molecule has 3 N–H and O–H groups in total. The predicted molar refractivity (Wildman–Crippen MR) is 102 cm³/mol. The van der Waals surface area contributed by atoms with Crippen LogP contribution in [0.15, 0.2) is 53.3 Å². The summed E-state index contributed by atoms with van der Waals surface area (Å²) < 4.78 is 0. The van der Waals surface area contributed by atoms with Gasteiger partial charge in [-0.2, -0.15) is 5.10 Å². The van der Waals surface area contributed by atoms with E-state index in [0.717, 1.165) is 5.52 Å². The number of nitrogens with zero attached hydrogens (tertiary/aromatic N) is 1. The van der Waals surface area contributed by atoms with E-state index in [-0.39, 0.29) is 12.1 Å². The maximum atomic E-state index is 12.7. The molecule has 7 heteroatoms. The van der Waals surface area contributed by atoms with E-state index in [1.54, 1.807) is 37.3 Å². The van der Waals surface area contributed by atoms with E-state index in [9.17, 15) is 14.4 Å². The summed E-state index contributed by atoms with van der Waals surface area (Å²) in [5, 5.41) is 10.8. The number of carbonyl (C=O) groups excluding carboxylic acids is 2. The average molecular weight is 360 g/mol. The van der Waals surface area contributed by atoms with Crippen LogP contribution in [0.5, 0.6) is 0 Å². The van der Waals surface area contributed by atoms with E-state index in [0.29, 0.717) is 33.1 Å². The third-order valence-corrected chi connectivity index (χ3v) is 4.52. The maximum absolute atomic E-state index is 12.7. The van der Waals surface area contributed by atoms with Crippen molar-refractivity contribution in [3.8, 4) is 0 Å². The Labute approximate surface area is 153 Å². The fraction of sp³-hybridized carbons (Fsp3) is 0.100. The van der Waals surface area contributed by atoms with Gasteiger partial charge in [0, 0.05) is 22.0 Å². The number of aromatic nitrogens is 3. The number of carbonyl (C=O) groups is 2. The van der Waals surface area contributed by atoms with Crippen LogP contribution in [0.2, 0.25) is 0 Å². The van der Waals surface area contributed by atoms with Gasteiger partial charge < -0.3 is 10.3 Å². The third kappa shape index (κ3) is 2.89. The highest BCUT2D eigenvalue weighted by Gasteiger charge is 2.22. The molecule has 0 bridgehead atoms. The normalized spacial score (nSPS) is 11.0. The van der Waals surface area contributed by atoms with Gasteiger partial charge in [-0.1, -0.05) is 36.4 Å². The van der Waals surface area contributed by atoms with E-state index in [1.807, 2.05) is 18.2 Å². The minimum atomic E-state index is -0.722. The van der Waals surface area contributed by atoms with Crippen molar-refractivity contribution in [3.05, 3.63) is 75.8 Å². The van der Waals surface area contributed by atoms with E-state index < -0.39 is 11.7 Å². The third-order valence-electron chi connectivity index (χ3n) is 4.52. The van der Waals surface area contributed by atoms with Crippen molar-refractivity contribution in [1.82, 2.24) is 20.5 Å². The molecule has 4 aromatic rings. The second kappa shape index (κ2) is 6.53. The Hall–Kier alpha value is -3.74. The van der Waals surface area contributed by atoms with Gasteiger partial charge in [0.2, 0.25) is 0 Å². The fourth-order valence-electron chi connectivity index (χ4n) is 3.23. The molecule has 0 fully saturated rings. The molecule has 4 rings (SSSR count). The fourth-order valence-corrected chi connectivity index (χ4v) is 3.23. The molecule has 0 saturated heterocycles. The summed E-state index contributed by atoms with van der Waals surface area (Å²) in [6.45, 7) is 1.79. The minimum absolute atomic E-state index is 0.0310. The summed E-state index contributed by atoms with van der Waals surface area (Å²) in [4.78, 5) is 40.1. The van der Waals surface area contributed by atoms with Crippen LogP contribution in [0.25, 0.3) is 21.7 Å². The topological polar surface area (TPSA) is 108 Å². The zero-order valence-corrected chi connectivity index (χ0v) is 14.5. The molecule has 0 saturated carbocycles. The molecule has 0 aliphatic carbocycles. The van der Waals surface area contributed by atoms with Crippen LogP contribution in [0.1, 0.15) is 21.7 Å². The molecular weight excluding hydrogens is 344 g/mol. The first-order chi connectivity index (χ1) is 13.1. The largest absolute Gasteiger partial charge is 0.358 e. The summed E-state index contributed by atoms with van der Waals surface area (Å²) in [6, 6.07) is 14.3. The standard InChI is InChI=1S/C20H16N4O3/c1-11-17(14-8-4-5-9-15(14)22-11)18(25)20(27)21-10-16-12-6-2-3-7-13(12)19(26)24-23-16/h2-9,22H,10H2,1H3,(H,21,27)(H,24,26). The number of hydrogen-bond donors (Lipinski definition) is 3. The number of ketones is 1. The molecule has 0 aliphatic heterocycles. The monoisotopic (exact) mass is 360 g/mol. The molecular formula is C20H16N4O3. The molecule has 0 spiro atoms. The zero-order chi connectivity index (χ0) is 19.0. The molecule has 1 amide bonds. The first-order valence-electron chi connectivity index (χ1n) is 8.42. The van der Waals surface area contributed by atoms with Crippen molar-refractivity contribution in [2.75, 3.05) is 0 Å². The lowest BCUT2D eigenvalue weighted by Crippen LogP contribution is -2.31. The summed E-state index contributed by atoms with van der Waals surface area (Å²) in [5.74, 6) is -1.33. The van der Waals surface area contributed by atoms with Gasteiger partial charge in [0.15, 0.2) is 0 Å². The van der Waals surface area contributed by atoms with Crippen LogP contribution in [0, 0.1) is 6.92 Å². The molecule has 0 aliphatic rings. The lowest BCUT2D eigenvalue weighted by molar-refractivity contribution is -0.117. The number of hydrogen-bond acceptors (Lipinski definition) is 4. The van der Waals surface area contributed by atoms with Gasteiger partial charge >= 0.3 is 0 Å². The minimum Gasteiger partial charge on any atom is -0.358 e. The number of nitrogens with one attached hydrogen (secondary N) is 3. The van der Waals surface area contributed by atoms with Crippen molar-refractivity contribution in [2.45, 2.75) is 13.5 Å². The maximum Gasteiger partial charge on any atom is 0.292 e. The predicted octanol–water partition coefficient (Wildman–Crippen LogP) is 2.21. The molecule has 27 heavy (non-hydrogen) atoms. The number of para-hydroxylation sites is 1. The van der Waals surface area contributed by atoms with E-state index >= 15 is 0 Å². The van der Waals surface area contributed by atoms with Gasteiger partial charge in [0.25, 0.3) is 17.2 Å². The number of aryl methyl sites for hydroxylation is 1. The Balaban J connectivity index is 1.60. The highest BCUT2D eigenvalue weighted by atomic mass is 16.2. The summed E-state index contributed by atoms with van der Waals surface area (Å²) in [5.41, 5.74) is 2.00. The van der Waals surface area contributed by atoms with E-state index in [2.05, 4.69) is 20.5 Å². The van der Waals surface area contributed by atoms with Gasteiger partial charge in [0.05, 0.1) is 23.2 Å². The van der Waals surface area contributed by atoms with Crippen LogP contribution in [-0.4, -0.2) is 26.9 Å². The molecule has 2 aromatic carbocycles. The highest BCUT2D eigenvalue weighted by molar-refractivity contribution is 6.45. The van der Waals surface area contributed by atoms with Crippen LogP contribution in [-0.2, 0) is 11.3 Å². The van der Waals surface area contributed by atoms with Crippen molar-refractivity contribution in [3.63, 3.8) is 0 Å². The second-order valence-corrected chi connectivity index (χ2v) is 6.23. The summed E-state index contributed by atoms with van der Waals surface area (Å²) >= 11 is 0. The molecule has 2 aromatic heterocycles. The average Bonchev–Trinajstić information content (AvgIpc) is 3.02. The molecule has 0 unspecified atom stereocenters. The Morgan fingerprint density at radius 1 is 1.00 bits per heavy atom. The molecule has 2 heterocycles. The number of benzene rings is 2. The molecule has 0 radical (unpaired) electrons. The Morgan fingerprint density at radius 3 is 2.44 bits per heavy atom. The first-order valence-corrected chi connectivity index (χ1v) is 8.42. The van der Waals surface area contributed by atoms with Crippen LogP contribution >= 0.6 is 0 Å². The number of aromatic amines is 2. The molecule has 7 nitrogen and oxygen atoms in total.